The summed E-state index contributed by atoms with van der Waals surface area (Å²) in [5.74, 6) is -0.500. The summed E-state index contributed by atoms with van der Waals surface area (Å²) < 4.78 is 34.4. The Labute approximate surface area is 202 Å². The number of hydrogen-bond acceptors (Lipinski definition) is 7. The molecule has 0 aliphatic carbocycles. The molecule has 0 aliphatic heterocycles. The molecule has 7 nitrogen and oxygen atoms in total. The van der Waals surface area contributed by atoms with E-state index in [9.17, 15) is 12.9 Å². The van der Waals surface area contributed by atoms with Gasteiger partial charge in [-0.05, 0) is 0 Å². The molecule has 0 saturated carbocycles. The van der Waals surface area contributed by atoms with Crippen LogP contribution < -0.4 is 16.1 Å². The standard InChI is InChI=1S/2C13H10O3.O.Ti/c2*14-12-9-5-4-8-11(12)13(15)16-10-6-2-1-3-7-10;;/h2*1-9,14H;;/q;;;+2/p-2. The van der Waals surface area contributed by atoms with E-state index in [4.69, 9.17) is 16.1 Å². The molecule has 0 heterocycles. The Morgan fingerprint density at radius 1 is 0.500 bits per heavy atom. The van der Waals surface area contributed by atoms with Gasteiger partial charge in [0.15, 0.2) is 0 Å². The van der Waals surface area contributed by atoms with Crippen molar-refractivity contribution >= 4 is 11.9 Å². The van der Waals surface area contributed by atoms with Crippen LogP contribution in [-0.2, 0) is 21.9 Å². The van der Waals surface area contributed by atoms with Crippen molar-refractivity contribution in [1.82, 2.24) is 0 Å². The van der Waals surface area contributed by atoms with E-state index in [0.29, 0.717) is 11.5 Å². The molecular formula is C26H18O7Ti. The molecule has 0 spiro atoms. The molecule has 8 heteroatoms. The van der Waals surface area contributed by atoms with E-state index in [0.717, 1.165) is 0 Å². The maximum absolute atomic E-state index is 12.7. The summed E-state index contributed by atoms with van der Waals surface area (Å²) >= 11 is -3.94. The van der Waals surface area contributed by atoms with E-state index in [1.54, 1.807) is 84.9 Å². The van der Waals surface area contributed by atoms with Gasteiger partial charge in [-0.1, -0.05) is 0 Å². The van der Waals surface area contributed by atoms with Crippen LogP contribution in [0.4, 0.5) is 0 Å². The van der Waals surface area contributed by atoms with Crippen molar-refractivity contribution in [3.05, 3.63) is 120 Å². The fraction of sp³-hybridized carbons (Fsp3) is 0. The third-order valence-corrected chi connectivity index (χ3v) is 5.72. The van der Waals surface area contributed by atoms with Gasteiger partial charge >= 0.3 is 203 Å². The molecule has 168 valence electrons. The SMILES string of the molecule is O=C(Oc1ccccc1)c1ccccc1[O][Ti](=[O])[O]c1ccccc1C(=O)Oc1ccccc1. The summed E-state index contributed by atoms with van der Waals surface area (Å²) in [7, 11) is 0. The second kappa shape index (κ2) is 11.2. The number of hydrogen-bond donors (Lipinski definition) is 0. The molecule has 0 saturated heterocycles. The van der Waals surface area contributed by atoms with Gasteiger partial charge < -0.3 is 0 Å². The zero-order chi connectivity index (χ0) is 23.8. The Hall–Kier alpha value is -4.07. The van der Waals surface area contributed by atoms with Crippen LogP contribution in [0.3, 0.4) is 0 Å². The number of para-hydroxylation sites is 4. The van der Waals surface area contributed by atoms with E-state index in [1.807, 2.05) is 0 Å². The molecular weight excluding hydrogens is 472 g/mol. The van der Waals surface area contributed by atoms with Gasteiger partial charge in [0.1, 0.15) is 0 Å². The number of benzene rings is 4. The predicted molar refractivity (Wildman–Crippen MR) is 118 cm³/mol. The fourth-order valence-corrected chi connectivity index (χ4v) is 4.13. The molecule has 0 atom stereocenters. The molecule has 0 unspecified atom stereocenters. The minimum absolute atomic E-state index is 0.0535. The van der Waals surface area contributed by atoms with Crippen LogP contribution in [0.2, 0.25) is 0 Å². The van der Waals surface area contributed by atoms with Crippen molar-refractivity contribution in [2.75, 3.05) is 0 Å². The first-order chi connectivity index (χ1) is 16.6. The molecule has 0 bridgehead atoms. The van der Waals surface area contributed by atoms with Gasteiger partial charge in [-0.15, -0.1) is 0 Å². The van der Waals surface area contributed by atoms with Crippen molar-refractivity contribution in [3.8, 4) is 23.0 Å². The van der Waals surface area contributed by atoms with Gasteiger partial charge in [-0.25, -0.2) is 0 Å². The summed E-state index contributed by atoms with van der Waals surface area (Å²) in [5.41, 5.74) is 0.181. The molecule has 0 fully saturated rings. The van der Waals surface area contributed by atoms with E-state index >= 15 is 0 Å². The minimum atomic E-state index is -3.94. The van der Waals surface area contributed by atoms with E-state index < -0.39 is 30.6 Å². The maximum atomic E-state index is 12.7. The molecule has 4 rings (SSSR count). The third kappa shape index (κ3) is 6.04. The monoisotopic (exact) mass is 490 g/mol. The zero-order valence-corrected chi connectivity index (χ0v) is 19.3. The molecule has 0 amide bonds. The quantitative estimate of drug-likeness (QED) is 0.186. The number of esters is 2. The normalized spacial score (nSPS) is 10.1. The van der Waals surface area contributed by atoms with Crippen LogP contribution in [-0.4, -0.2) is 11.9 Å². The van der Waals surface area contributed by atoms with Crippen LogP contribution >= 0.6 is 0 Å². The van der Waals surface area contributed by atoms with Gasteiger partial charge in [0.2, 0.25) is 0 Å². The van der Waals surface area contributed by atoms with Crippen LogP contribution in [0.1, 0.15) is 20.7 Å². The molecule has 4 aromatic rings. The van der Waals surface area contributed by atoms with E-state index in [-0.39, 0.29) is 22.6 Å². The average Bonchev–Trinajstić information content (AvgIpc) is 2.86. The summed E-state index contributed by atoms with van der Waals surface area (Å²) in [4.78, 5) is 25.2. The summed E-state index contributed by atoms with van der Waals surface area (Å²) in [5, 5.41) is 0. The number of ether oxygens (including phenoxy) is 2. The van der Waals surface area contributed by atoms with Crippen LogP contribution in [0, 0.1) is 0 Å². The molecule has 34 heavy (non-hydrogen) atoms. The van der Waals surface area contributed by atoms with Gasteiger partial charge in [0, 0.05) is 0 Å². The first-order valence-corrected chi connectivity index (χ1v) is 12.1. The van der Waals surface area contributed by atoms with Gasteiger partial charge in [-0.2, -0.15) is 0 Å². The number of rotatable bonds is 8. The Kier molecular flexibility index (Phi) is 7.60. The third-order valence-electron chi connectivity index (χ3n) is 4.51. The Balaban J connectivity index is 1.47. The first kappa shape index (κ1) is 23.1. The summed E-state index contributed by atoms with van der Waals surface area (Å²) in [6.07, 6.45) is 0. The van der Waals surface area contributed by atoms with Gasteiger partial charge in [0.05, 0.1) is 0 Å². The Morgan fingerprint density at radius 2 is 0.853 bits per heavy atom. The van der Waals surface area contributed by atoms with Gasteiger partial charge in [0.25, 0.3) is 0 Å². The van der Waals surface area contributed by atoms with E-state index in [1.165, 1.54) is 24.3 Å². The van der Waals surface area contributed by atoms with Crippen molar-refractivity contribution in [2.45, 2.75) is 0 Å². The first-order valence-electron chi connectivity index (χ1n) is 10.2. The van der Waals surface area contributed by atoms with Crippen LogP contribution in [0.25, 0.3) is 0 Å². The molecule has 0 aromatic heterocycles. The molecule has 0 N–H and O–H groups in total. The summed E-state index contributed by atoms with van der Waals surface area (Å²) in [6, 6.07) is 29.6. The van der Waals surface area contributed by atoms with Crippen molar-refractivity contribution in [2.24, 2.45) is 0 Å². The second-order valence-corrected chi connectivity index (χ2v) is 8.27. The molecule has 4 aromatic carbocycles. The van der Waals surface area contributed by atoms with E-state index in [2.05, 4.69) is 0 Å². The Bertz CT molecular complexity index is 1210. The predicted octanol–water partition coefficient (Wildman–Crippen LogP) is 5.38. The van der Waals surface area contributed by atoms with Gasteiger partial charge in [-0.3, -0.25) is 0 Å². The zero-order valence-electron chi connectivity index (χ0n) is 17.8. The van der Waals surface area contributed by atoms with Crippen LogP contribution in [0.15, 0.2) is 109 Å². The molecule has 0 aliphatic rings. The topological polar surface area (TPSA) is 88.1 Å². The van der Waals surface area contributed by atoms with Crippen molar-refractivity contribution in [3.63, 3.8) is 0 Å². The number of carbonyl (C=O) groups excluding carboxylic acids is 2. The van der Waals surface area contributed by atoms with Crippen molar-refractivity contribution < 1.29 is 47.6 Å². The number of carbonyl (C=O) groups is 2. The summed E-state index contributed by atoms with van der Waals surface area (Å²) in [6.45, 7) is 0. The van der Waals surface area contributed by atoms with Crippen LogP contribution in [0.5, 0.6) is 23.0 Å². The molecule has 0 radical (unpaired) electrons. The van der Waals surface area contributed by atoms with Crippen molar-refractivity contribution in [1.29, 1.82) is 0 Å². The fourth-order valence-electron chi connectivity index (χ4n) is 2.95. The second-order valence-electron chi connectivity index (χ2n) is 6.85. The average molecular weight is 490 g/mol. The Morgan fingerprint density at radius 3 is 1.26 bits per heavy atom.